The molecule has 0 saturated carbocycles. The second kappa shape index (κ2) is 5.22. The fourth-order valence-corrected chi connectivity index (χ4v) is 5.50. The normalized spacial score (nSPS) is 22.8. The van der Waals surface area contributed by atoms with Crippen LogP contribution in [0.1, 0.15) is 24.5 Å². The van der Waals surface area contributed by atoms with Crippen LogP contribution in [-0.2, 0) is 5.41 Å². The van der Waals surface area contributed by atoms with E-state index in [0.717, 1.165) is 6.42 Å². The molecule has 1 spiro atoms. The van der Waals surface area contributed by atoms with Gasteiger partial charge in [-0.3, -0.25) is 0 Å². The summed E-state index contributed by atoms with van der Waals surface area (Å²) in [6.07, 6.45) is 14.6. The van der Waals surface area contributed by atoms with E-state index in [0.29, 0.717) is 5.92 Å². The Morgan fingerprint density at radius 3 is 2.33 bits per heavy atom. The Morgan fingerprint density at radius 1 is 0.889 bits per heavy atom. The molecule has 0 radical (unpaired) electrons. The van der Waals surface area contributed by atoms with Gasteiger partial charge in [0.1, 0.15) is 0 Å². The molecule has 27 heavy (non-hydrogen) atoms. The van der Waals surface area contributed by atoms with E-state index in [2.05, 4.69) is 91.6 Å². The van der Waals surface area contributed by atoms with Gasteiger partial charge in [0.05, 0.1) is 5.41 Å². The fourth-order valence-electron chi connectivity index (χ4n) is 5.50. The van der Waals surface area contributed by atoms with E-state index in [4.69, 9.17) is 0 Å². The third-order valence-electron chi connectivity index (χ3n) is 6.50. The summed E-state index contributed by atoms with van der Waals surface area (Å²) in [6.45, 7) is 2.31. The number of hydrogen-bond donors (Lipinski definition) is 0. The van der Waals surface area contributed by atoms with E-state index in [1.165, 1.54) is 44.5 Å². The van der Waals surface area contributed by atoms with Crippen LogP contribution in [0.15, 0.2) is 113 Å². The van der Waals surface area contributed by atoms with E-state index in [9.17, 15) is 0 Å². The van der Waals surface area contributed by atoms with Crippen LogP contribution in [0.3, 0.4) is 0 Å². The molecule has 0 aromatic heterocycles. The minimum Gasteiger partial charge on any atom is -0.120 e. The quantitative estimate of drug-likeness (QED) is 0.483. The van der Waals surface area contributed by atoms with Gasteiger partial charge in [0.15, 0.2) is 0 Å². The van der Waals surface area contributed by atoms with Crippen molar-refractivity contribution >= 4 is 0 Å². The highest BCUT2D eigenvalue weighted by Crippen LogP contribution is 2.63. The summed E-state index contributed by atoms with van der Waals surface area (Å²) in [5.41, 5.74) is 14.5. The van der Waals surface area contributed by atoms with Gasteiger partial charge >= 0.3 is 0 Å². The second-order valence-corrected chi connectivity index (χ2v) is 7.94. The zero-order chi connectivity index (χ0) is 18.0. The summed E-state index contributed by atoms with van der Waals surface area (Å²) >= 11 is 0. The number of allylic oxidation sites excluding steroid dienone is 9. The van der Waals surface area contributed by atoms with Crippen molar-refractivity contribution < 1.29 is 0 Å². The van der Waals surface area contributed by atoms with Gasteiger partial charge in [-0.2, -0.15) is 0 Å². The third kappa shape index (κ3) is 1.74. The van der Waals surface area contributed by atoms with Gasteiger partial charge in [0.2, 0.25) is 0 Å². The number of rotatable bonds is 0. The molecular weight excluding hydrogens is 324 g/mol. The number of benzene rings is 2. The molecule has 2 aromatic rings. The summed E-state index contributed by atoms with van der Waals surface area (Å²) in [4.78, 5) is 0. The second-order valence-electron chi connectivity index (χ2n) is 7.94. The molecule has 1 atom stereocenters. The van der Waals surface area contributed by atoms with Gasteiger partial charge in [0, 0.05) is 0 Å². The topological polar surface area (TPSA) is 0 Å². The molecule has 0 bridgehead atoms. The highest BCUT2D eigenvalue weighted by atomic mass is 14.5. The van der Waals surface area contributed by atoms with Crippen molar-refractivity contribution in [1.82, 2.24) is 0 Å². The van der Waals surface area contributed by atoms with Crippen molar-refractivity contribution in [3.05, 3.63) is 124 Å². The Bertz CT molecular complexity index is 1140. The minimum atomic E-state index is -0.193. The Labute approximate surface area is 160 Å². The van der Waals surface area contributed by atoms with Gasteiger partial charge in [-0.15, -0.1) is 5.73 Å². The Balaban J connectivity index is 1.80. The first kappa shape index (κ1) is 15.0. The molecule has 0 aliphatic heterocycles. The molecular formula is C27H20. The zero-order valence-electron chi connectivity index (χ0n) is 15.4. The van der Waals surface area contributed by atoms with Gasteiger partial charge in [0.25, 0.3) is 0 Å². The van der Waals surface area contributed by atoms with Crippen LogP contribution in [0.25, 0.3) is 11.1 Å². The molecule has 4 aliphatic rings. The standard InChI is InChI=1S/C27H20/c1-18-15-16-26-22(17-18)21-9-3-2-4-12-25(21)27(26)23-13-7-5-10-19(23)20-11-6-8-14-24(20)27/h2,4-16,18H,17H2,1H3. The zero-order valence-corrected chi connectivity index (χ0v) is 15.4. The predicted molar refractivity (Wildman–Crippen MR) is 111 cm³/mol. The van der Waals surface area contributed by atoms with Crippen molar-refractivity contribution in [3.63, 3.8) is 0 Å². The maximum atomic E-state index is 3.37. The van der Waals surface area contributed by atoms with Crippen molar-refractivity contribution in [3.8, 4) is 11.1 Å². The van der Waals surface area contributed by atoms with Crippen LogP contribution in [0, 0.1) is 5.92 Å². The molecule has 1 unspecified atom stereocenters. The molecule has 0 nitrogen and oxygen atoms in total. The molecule has 4 aliphatic carbocycles. The molecule has 128 valence electrons. The molecule has 0 heterocycles. The van der Waals surface area contributed by atoms with Gasteiger partial charge in [-0.25, -0.2) is 0 Å². The Morgan fingerprint density at radius 2 is 1.59 bits per heavy atom. The first-order chi connectivity index (χ1) is 13.3. The fraction of sp³-hybridized carbons (Fsp3) is 0.148. The maximum Gasteiger partial charge on any atom is 0.0722 e. The van der Waals surface area contributed by atoms with E-state index in [1.54, 1.807) is 0 Å². The van der Waals surface area contributed by atoms with Crippen molar-refractivity contribution in [2.45, 2.75) is 18.8 Å². The van der Waals surface area contributed by atoms with Gasteiger partial charge < -0.3 is 0 Å². The van der Waals surface area contributed by atoms with Crippen LogP contribution >= 0.6 is 0 Å². The number of fused-ring (bicyclic) bond motifs is 8. The summed E-state index contributed by atoms with van der Waals surface area (Å²) in [6, 6.07) is 17.9. The molecule has 6 rings (SSSR count). The Hall–Kier alpha value is -3.08. The van der Waals surface area contributed by atoms with E-state index >= 15 is 0 Å². The minimum absolute atomic E-state index is 0.193. The largest absolute Gasteiger partial charge is 0.120 e. The third-order valence-corrected chi connectivity index (χ3v) is 6.50. The van der Waals surface area contributed by atoms with Crippen LogP contribution in [-0.4, -0.2) is 0 Å². The first-order valence-electron chi connectivity index (χ1n) is 9.77. The molecule has 0 N–H and O–H groups in total. The SMILES string of the molecule is CC1C=CC2=C(C1)C1=C(C=CC=C=C1)C21c2ccccc2-c2ccccc21. The van der Waals surface area contributed by atoms with Gasteiger partial charge in [-0.1, -0.05) is 79.8 Å². The lowest BCUT2D eigenvalue weighted by molar-refractivity contribution is 0.690. The van der Waals surface area contributed by atoms with Crippen LogP contribution in [0.5, 0.6) is 0 Å². The molecule has 2 aromatic carbocycles. The monoisotopic (exact) mass is 344 g/mol. The molecule has 0 fully saturated rings. The Kier molecular flexibility index (Phi) is 2.91. The lowest BCUT2D eigenvalue weighted by atomic mass is 9.67. The summed E-state index contributed by atoms with van der Waals surface area (Å²) in [5, 5.41) is 0. The molecule has 0 amide bonds. The molecule has 0 saturated heterocycles. The van der Waals surface area contributed by atoms with Gasteiger partial charge in [-0.05, 0) is 69.0 Å². The van der Waals surface area contributed by atoms with Crippen LogP contribution in [0.2, 0.25) is 0 Å². The first-order valence-corrected chi connectivity index (χ1v) is 9.77. The molecule has 0 heteroatoms. The maximum absolute atomic E-state index is 3.37. The lowest BCUT2D eigenvalue weighted by Gasteiger charge is -2.33. The highest BCUT2D eigenvalue weighted by Gasteiger charge is 2.52. The van der Waals surface area contributed by atoms with E-state index in [1.807, 2.05) is 6.08 Å². The summed E-state index contributed by atoms with van der Waals surface area (Å²) in [5.74, 6) is 0.573. The van der Waals surface area contributed by atoms with Crippen molar-refractivity contribution in [1.29, 1.82) is 0 Å². The average molecular weight is 344 g/mol. The van der Waals surface area contributed by atoms with Crippen molar-refractivity contribution in [2.24, 2.45) is 5.92 Å². The smallest absolute Gasteiger partial charge is 0.0722 e. The summed E-state index contributed by atoms with van der Waals surface area (Å²) in [7, 11) is 0. The highest BCUT2D eigenvalue weighted by molar-refractivity contribution is 5.90. The van der Waals surface area contributed by atoms with E-state index in [-0.39, 0.29) is 5.41 Å². The van der Waals surface area contributed by atoms with E-state index < -0.39 is 0 Å². The van der Waals surface area contributed by atoms with Crippen molar-refractivity contribution in [2.75, 3.05) is 0 Å². The lowest BCUT2D eigenvalue weighted by Crippen LogP contribution is -2.28. The van der Waals surface area contributed by atoms with Crippen LogP contribution < -0.4 is 0 Å². The van der Waals surface area contributed by atoms with Crippen LogP contribution in [0.4, 0.5) is 0 Å². The predicted octanol–water partition coefficient (Wildman–Crippen LogP) is 6.44. The number of hydrogen-bond acceptors (Lipinski definition) is 0. The average Bonchev–Trinajstić information content (AvgIpc) is 2.99. The summed E-state index contributed by atoms with van der Waals surface area (Å²) < 4.78 is 0.